The molecule has 3 aromatic carbocycles. The molecule has 190 valence electrons. The minimum Gasteiger partial charge on any atom is -0.365 e. The van der Waals surface area contributed by atoms with E-state index in [2.05, 4.69) is 88.0 Å². The molecule has 1 aliphatic rings. The van der Waals surface area contributed by atoms with E-state index in [1.54, 1.807) is 18.6 Å². The molecule has 1 saturated carbocycles. The minimum absolute atomic E-state index is 0.0711. The van der Waals surface area contributed by atoms with Crippen molar-refractivity contribution >= 4 is 22.6 Å². The number of aromatic nitrogens is 3. The van der Waals surface area contributed by atoms with E-state index in [9.17, 15) is 4.79 Å². The number of rotatable bonds is 9. The summed E-state index contributed by atoms with van der Waals surface area (Å²) >= 11 is 0. The van der Waals surface area contributed by atoms with E-state index >= 15 is 0 Å². The summed E-state index contributed by atoms with van der Waals surface area (Å²) in [5, 5.41) is 8.19. The molecule has 1 fully saturated rings. The van der Waals surface area contributed by atoms with Gasteiger partial charge in [0.1, 0.15) is 17.9 Å². The highest BCUT2D eigenvalue weighted by atomic mass is 16.5. The first-order valence-electron chi connectivity index (χ1n) is 12.9. The van der Waals surface area contributed by atoms with E-state index < -0.39 is 0 Å². The molecule has 0 unspecified atom stereocenters. The Morgan fingerprint density at radius 3 is 2.63 bits per heavy atom. The van der Waals surface area contributed by atoms with Crippen LogP contribution < -0.4 is 5.32 Å². The van der Waals surface area contributed by atoms with Crippen molar-refractivity contribution in [1.82, 2.24) is 20.0 Å². The van der Waals surface area contributed by atoms with Gasteiger partial charge < -0.3 is 14.7 Å². The standard InChI is InChI=1S/C31H29N5O2/c1-21-4-2-5-22(14-21)18-32-31-28-16-25(8-11-29(28)33-20-34-31)24-7-3-6-23(15-24)19-36(26-9-10-26)30(37)17-27-12-13-35-38-27/h2-8,11-16,20,26H,9-10,17-19H2,1H3,(H,32,33,34). The van der Waals surface area contributed by atoms with Gasteiger partial charge in [-0.3, -0.25) is 4.79 Å². The predicted octanol–water partition coefficient (Wildman–Crippen LogP) is 5.94. The lowest BCUT2D eigenvalue weighted by Crippen LogP contribution is -2.33. The molecule has 0 aliphatic heterocycles. The first-order valence-corrected chi connectivity index (χ1v) is 12.9. The highest BCUT2D eigenvalue weighted by Gasteiger charge is 2.32. The predicted molar refractivity (Wildman–Crippen MR) is 147 cm³/mol. The zero-order chi connectivity index (χ0) is 25.9. The van der Waals surface area contributed by atoms with Crippen LogP contribution in [0.1, 0.15) is 35.3 Å². The molecule has 1 amide bonds. The van der Waals surface area contributed by atoms with Gasteiger partial charge in [-0.1, -0.05) is 59.3 Å². The second kappa shape index (κ2) is 10.5. The van der Waals surface area contributed by atoms with Crippen LogP contribution in [-0.2, 0) is 24.3 Å². The molecule has 1 aliphatic carbocycles. The Morgan fingerprint density at radius 2 is 1.82 bits per heavy atom. The summed E-state index contributed by atoms with van der Waals surface area (Å²) < 4.78 is 5.16. The van der Waals surface area contributed by atoms with Crippen LogP contribution >= 0.6 is 0 Å². The fourth-order valence-corrected chi connectivity index (χ4v) is 4.82. The number of amides is 1. The second-order valence-electron chi connectivity index (χ2n) is 9.91. The maximum Gasteiger partial charge on any atom is 0.230 e. The first kappa shape index (κ1) is 23.9. The average Bonchev–Trinajstić information content (AvgIpc) is 3.65. The fourth-order valence-electron chi connectivity index (χ4n) is 4.82. The highest BCUT2D eigenvalue weighted by Crippen LogP contribution is 2.31. The van der Waals surface area contributed by atoms with Gasteiger partial charge >= 0.3 is 0 Å². The van der Waals surface area contributed by atoms with Crippen molar-refractivity contribution in [3.63, 3.8) is 0 Å². The SMILES string of the molecule is Cc1cccc(CNc2ncnc3ccc(-c4cccc(CN(C(=O)Cc5ccno5)C5CC5)c4)cc23)c1. The highest BCUT2D eigenvalue weighted by molar-refractivity contribution is 5.92. The van der Waals surface area contributed by atoms with E-state index in [0.29, 0.717) is 24.9 Å². The van der Waals surface area contributed by atoms with E-state index in [1.165, 1.54) is 11.1 Å². The summed E-state index contributed by atoms with van der Waals surface area (Å²) in [5.41, 5.74) is 6.61. The molecule has 7 heteroatoms. The number of hydrogen-bond donors (Lipinski definition) is 1. The molecular formula is C31H29N5O2. The van der Waals surface area contributed by atoms with Crippen molar-refractivity contribution in [3.05, 3.63) is 108 Å². The molecule has 7 nitrogen and oxygen atoms in total. The van der Waals surface area contributed by atoms with Gasteiger partial charge in [-0.2, -0.15) is 0 Å². The Labute approximate surface area is 221 Å². The van der Waals surface area contributed by atoms with E-state index in [4.69, 9.17) is 4.52 Å². The molecule has 0 spiro atoms. The molecular weight excluding hydrogens is 474 g/mol. The second-order valence-corrected chi connectivity index (χ2v) is 9.91. The quantitative estimate of drug-likeness (QED) is 0.268. The third kappa shape index (κ3) is 5.42. The molecule has 2 aromatic heterocycles. The van der Waals surface area contributed by atoms with E-state index in [1.807, 2.05) is 11.0 Å². The lowest BCUT2D eigenvalue weighted by molar-refractivity contribution is -0.132. The van der Waals surface area contributed by atoms with Crippen LogP contribution in [0.15, 0.2) is 89.8 Å². The van der Waals surface area contributed by atoms with Crippen molar-refractivity contribution in [2.45, 2.75) is 45.3 Å². The van der Waals surface area contributed by atoms with Gasteiger partial charge in [0.25, 0.3) is 0 Å². The van der Waals surface area contributed by atoms with Crippen molar-refractivity contribution in [3.8, 4) is 11.1 Å². The zero-order valence-electron chi connectivity index (χ0n) is 21.3. The summed E-state index contributed by atoms with van der Waals surface area (Å²) in [7, 11) is 0. The van der Waals surface area contributed by atoms with Crippen LogP contribution in [-0.4, -0.2) is 32.0 Å². The first-order chi connectivity index (χ1) is 18.6. The van der Waals surface area contributed by atoms with Gasteiger partial charge in [-0.15, -0.1) is 0 Å². The van der Waals surface area contributed by atoms with Crippen LogP contribution in [0.25, 0.3) is 22.0 Å². The molecule has 0 bridgehead atoms. The summed E-state index contributed by atoms with van der Waals surface area (Å²) in [5.74, 6) is 1.48. The average molecular weight is 504 g/mol. The number of carbonyl (C=O) groups excluding carboxylic acids is 1. The van der Waals surface area contributed by atoms with Gasteiger partial charge in [-0.05, 0) is 60.2 Å². The van der Waals surface area contributed by atoms with E-state index in [0.717, 1.165) is 46.3 Å². The number of nitrogens with one attached hydrogen (secondary N) is 1. The normalized spacial score (nSPS) is 13.0. The molecule has 1 N–H and O–H groups in total. The van der Waals surface area contributed by atoms with Crippen LogP contribution in [0, 0.1) is 6.92 Å². The Kier molecular flexibility index (Phi) is 6.56. The molecule has 0 atom stereocenters. The molecule has 38 heavy (non-hydrogen) atoms. The van der Waals surface area contributed by atoms with Gasteiger partial charge in [-0.25, -0.2) is 9.97 Å². The molecule has 0 saturated heterocycles. The number of nitrogens with zero attached hydrogens (tertiary/aromatic N) is 4. The third-order valence-corrected chi connectivity index (χ3v) is 6.92. The lowest BCUT2D eigenvalue weighted by atomic mass is 10.0. The Balaban J connectivity index is 1.23. The zero-order valence-corrected chi connectivity index (χ0v) is 21.3. The number of anilines is 1. The van der Waals surface area contributed by atoms with Crippen molar-refractivity contribution < 1.29 is 9.32 Å². The third-order valence-electron chi connectivity index (χ3n) is 6.92. The van der Waals surface area contributed by atoms with Gasteiger partial charge in [0.2, 0.25) is 5.91 Å². The van der Waals surface area contributed by atoms with Crippen LogP contribution in [0.2, 0.25) is 0 Å². The Bertz CT molecular complexity index is 1580. The summed E-state index contributed by atoms with van der Waals surface area (Å²) in [6.07, 6.45) is 5.50. The smallest absolute Gasteiger partial charge is 0.230 e. The number of carbonyl (C=O) groups is 1. The largest absolute Gasteiger partial charge is 0.365 e. The van der Waals surface area contributed by atoms with Gasteiger partial charge in [0.15, 0.2) is 0 Å². The minimum atomic E-state index is 0.0711. The van der Waals surface area contributed by atoms with Crippen molar-refractivity contribution in [2.24, 2.45) is 0 Å². The monoisotopic (exact) mass is 503 g/mol. The number of fused-ring (bicyclic) bond motifs is 1. The fraction of sp³-hybridized carbons (Fsp3) is 0.226. The topological polar surface area (TPSA) is 84.2 Å². The Hall–Kier alpha value is -4.52. The van der Waals surface area contributed by atoms with E-state index in [-0.39, 0.29) is 12.3 Å². The summed E-state index contributed by atoms with van der Waals surface area (Å²) in [6.45, 7) is 3.36. The van der Waals surface area contributed by atoms with Crippen molar-refractivity contribution in [2.75, 3.05) is 5.32 Å². The molecule has 5 aromatic rings. The maximum absolute atomic E-state index is 13.0. The maximum atomic E-state index is 13.0. The summed E-state index contributed by atoms with van der Waals surface area (Å²) in [6, 6.07) is 25.2. The van der Waals surface area contributed by atoms with Gasteiger partial charge in [0.05, 0.1) is 18.1 Å². The molecule has 2 heterocycles. The Morgan fingerprint density at radius 1 is 0.974 bits per heavy atom. The van der Waals surface area contributed by atoms with Crippen molar-refractivity contribution in [1.29, 1.82) is 0 Å². The van der Waals surface area contributed by atoms with Crippen LogP contribution in [0.4, 0.5) is 5.82 Å². The number of hydrogen-bond acceptors (Lipinski definition) is 6. The van der Waals surface area contributed by atoms with Crippen LogP contribution in [0.5, 0.6) is 0 Å². The van der Waals surface area contributed by atoms with Gasteiger partial charge in [0, 0.05) is 30.6 Å². The lowest BCUT2D eigenvalue weighted by Gasteiger charge is -2.22. The molecule has 6 rings (SSSR count). The number of aryl methyl sites for hydroxylation is 1. The number of benzene rings is 3. The molecule has 0 radical (unpaired) electrons. The van der Waals surface area contributed by atoms with Crippen LogP contribution in [0.3, 0.4) is 0 Å². The summed E-state index contributed by atoms with van der Waals surface area (Å²) in [4.78, 5) is 24.0.